The number of benzene rings is 1. The molecule has 0 spiro atoms. The highest BCUT2D eigenvalue weighted by Crippen LogP contribution is 2.38. The molecular formula is C28H40ClN7O3S. The summed E-state index contributed by atoms with van der Waals surface area (Å²) in [5, 5.41) is 10.0. The highest BCUT2D eigenvalue weighted by molar-refractivity contribution is 7.92. The molecule has 10 nitrogen and oxygen atoms in total. The SMILES string of the molecule is CCOc1cc(C2CCCN(C(C)C)C2)c(C)cc1Nc1ncc(Cl)c(Nc2cn(C)nc2S(=O)(=O)C(C)C)n1. The van der Waals surface area contributed by atoms with E-state index in [0.29, 0.717) is 30.2 Å². The molecule has 12 heteroatoms. The van der Waals surface area contributed by atoms with E-state index in [1.54, 1.807) is 27.1 Å². The van der Waals surface area contributed by atoms with Gasteiger partial charge in [-0.1, -0.05) is 11.6 Å². The Balaban J connectivity index is 1.63. The molecule has 4 rings (SSSR count). The first-order chi connectivity index (χ1) is 18.9. The lowest BCUT2D eigenvalue weighted by Crippen LogP contribution is -2.39. The standard InChI is InChI=1S/C28H40ClN7O3S/c1-8-39-25-13-21(20-10-9-11-36(15-20)17(2)3)19(6)12-23(25)32-28-30-14-22(29)26(33-28)31-24-16-35(7)34-27(24)40(37,38)18(4)5/h12-14,16-18,20H,8-11,15H2,1-7H3,(H2,30,31,32,33). The minimum absolute atomic E-state index is 0.0576. The average Bonchev–Trinajstić information content (AvgIpc) is 3.28. The predicted molar refractivity (Wildman–Crippen MR) is 160 cm³/mol. The second-order valence-corrected chi connectivity index (χ2v) is 13.6. The molecule has 1 saturated heterocycles. The maximum absolute atomic E-state index is 12.9. The van der Waals surface area contributed by atoms with Gasteiger partial charge in [-0.2, -0.15) is 10.1 Å². The van der Waals surface area contributed by atoms with E-state index in [0.717, 1.165) is 30.9 Å². The average molecular weight is 590 g/mol. The molecule has 2 N–H and O–H groups in total. The van der Waals surface area contributed by atoms with E-state index in [1.807, 2.05) is 6.92 Å². The van der Waals surface area contributed by atoms with Crippen molar-refractivity contribution >= 4 is 44.6 Å². The molecule has 1 aliphatic heterocycles. The van der Waals surface area contributed by atoms with E-state index >= 15 is 0 Å². The quantitative estimate of drug-likeness (QED) is 0.301. The Bertz CT molecular complexity index is 1460. The fourth-order valence-electron chi connectivity index (χ4n) is 5.00. The summed E-state index contributed by atoms with van der Waals surface area (Å²) in [6, 6.07) is 4.74. The minimum atomic E-state index is -3.63. The summed E-state index contributed by atoms with van der Waals surface area (Å²) in [7, 11) is -1.97. The predicted octanol–water partition coefficient (Wildman–Crippen LogP) is 5.83. The lowest BCUT2D eigenvalue weighted by molar-refractivity contribution is 0.167. The van der Waals surface area contributed by atoms with Gasteiger partial charge in [-0.15, -0.1) is 0 Å². The van der Waals surface area contributed by atoms with E-state index < -0.39 is 15.1 Å². The van der Waals surface area contributed by atoms with Gasteiger partial charge in [0.15, 0.2) is 5.82 Å². The van der Waals surface area contributed by atoms with E-state index in [1.165, 1.54) is 28.4 Å². The van der Waals surface area contributed by atoms with Crippen LogP contribution in [0.25, 0.3) is 0 Å². The van der Waals surface area contributed by atoms with Crippen LogP contribution in [0.15, 0.2) is 29.6 Å². The number of sulfone groups is 1. The lowest BCUT2D eigenvalue weighted by atomic mass is 9.87. The van der Waals surface area contributed by atoms with Crippen LogP contribution in [-0.4, -0.2) is 64.1 Å². The van der Waals surface area contributed by atoms with Gasteiger partial charge in [0.05, 0.1) is 29.4 Å². The van der Waals surface area contributed by atoms with Crippen molar-refractivity contribution in [1.29, 1.82) is 0 Å². The van der Waals surface area contributed by atoms with Gasteiger partial charge >= 0.3 is 0 Å². The van der Waals surface area contributed by atoms with Gasteiger partial charge in [-0.3, -0.25) is 4.68 Å². The van der Waals surface area contributed by atoms with E-state index in [9.17, 15) is 8.42 Å². The lowest BCUT2D eigenvalue weighted by Gasteiger charge is -2.36. The fraction of sp³-hybridized carbons (Fsp3) is 0.536. The number of rotatable bonds is 10. The number of aromatic nitrogens is 4. The number of hydrogen-bond donors (Lipinski definition) is 2. The molecule has 40 heavy (non-hydrogen) atoms. The first-order valence-corrected chi connectivity index (χ1v) is 15.7. The molecule has 0 bridgehead atoms. The first-order valence-electron chi connectivity index (χ1n) is 13.8. The number of anilines is 4. The Morgan fingerprint density at radius 2 is 1.93 bits per heavy atom. The maximum Gasteiger partial charge on any atom is 0.229 e. The summed E-state index contributed by atoms with van der Waals surface area (Å²) in [6.45, 7) is 14.5. The van der Waals surface area contributed by atoms with E-state index in [2.05, 4.69) is 63.5 Å². The Morgan fingerprint density at radius 1 is 1.18 bits per heavy atom. The van der Waals surface area contributed by atoms with Gasteiger partial charge in [0.25, 0.3) is 0 Å². The Labute approximate surface area is 242 Å². The molecule has 3 aromatic rings. The third-order valence-electron chi connectivity index (χ3n) is 7.22. The summed E-state index contributed by atoms with van der Waals surface area (Å²) < 4.78 is 33.2. The zero-order valence-electron chi connectivity index (χ0n) is 24.3. The molecule has 0 radical (unpaired) electrons. The monoisotopic (exact) mass is 589 g/mol. The summed E-state index contributed by atoms with van der Waals surface area (Å²) in [5.41, 5.74) is 3.51. The number of likely N-dealkylation sites (tertiary alicyclic amines) is 1. The summed E-state index contributed by atoms with van der Waals surface area (Å²) in [5.74, 6) is 1.73. The zero-order valence-corrected chi connectivity index (χ0v) is 25.9. The highest BCUT2D eigenvalue weighted by atomic mass is 35.5. The number of nitrogens with one attached hydrogen (secondary N) is 2. The van der Waals surface area contributed by atoms with E-state index in [4.69, 9.17) is 16.3 Å². The van der Waals surface area contributed by atoms with Crippen molar-refractivity contribution < 1.29 is 13.2 Å². The van der Waals surface area contributed by atoms with Gasteiger partial charge in [0.2, 0.25) is 20.8 Å². The van der Waals surface area contributed by atoms with Crippen molar-refractivity contribution in [2.24, 2.45) is 7.05 Å². The van der Waals surface area contributed by atoms with Gasteiger partial charge in [-0.25, -0.2) is 13.4 Å². The number of piperidine rings is 1. The van der Waals surface area contributed by atoms with Gasteiger partial charge in [-0.05, 0) is 90.1 Å². The number of ether oxygens (including phenoxy) is 1. The van der Waals surface area contributed by atoms with Crippen LogP contribution in [0.3, 0.4) is 0 Å². The second kappa shape index (κ2) is 12.3. The zero-order chi connectivity index (χ0) is 29.2. The molecule has 0 aliphatic carbocycles. The van der Waals surface area contributed by atoms with Crippen molar-refractivity contribution in [3.63, 3.8) is 0 Å². The molecule has 2 aromatic heterocycles. The largest absolute Gasteiger partial charge is 0.492 e. The molecule has 0 amide bonds. The van der Waals surface area contributed by atoms with Crippen LogP contribution in [0.5, 0.6) is 5.75 Å². The number of hydrogen-bond acceptors (Lipinski definition) is 9. The molecule has 1 aromatic carbocycles. The van der Waals surface area contributed by atoms with Crippen LogP contribution >= 0.6 is 11.6 Å². The molecular weight excluding hydrogens is 550 g/mol. The summed E-state index contributed by atoms with van der Waals surface area (Å²) in [6.07, 6.45) is 5.39. The topological polar surface area (TPSA) is 114 Å². The molecule has 0 saturated carbocycles. The number of nitrogens with zero attached hydrogens (tertiary/aromatic N) is 5. The Hall–Kier alpha value is -2.89. The third-order valence-corrected chi connectivity index (χ3v) is 9.58. The third kappa shape index (κ3) is 6.53. The molecule has 1 atom stereocenters. The van der Waals surface area contributed by atoms with Gasteiger partial charge < -0.3 is 20.3 Å². The van der Waals surface area contributed by atoms with E-state index in [-0.39, 0.29) is 15.9 Å². The van der Waals surface area contributed by atoms with Crippen molar-refractivity contribution in [3.8, 4) is 5.75 Å². The molecule has 1 fully saturated rings. The van der Waals surface area contributed by atoms with Crippen molar-refractivity contribution in [2.75, 3.05) is 30.3 Å². The van der Waals surface area contributed by atoms with Crippen molar-refractivity contribution in [1.82, 2.24) is 24.6 Å². The molecule has 3 heterocycles. The first kappa shape index (κ1) is 30.1. The highest BCUT2D eigenvalue weighted by Gasteiger charge is 2.28. The van der Waals surface area contributed by atoms with Crippen LogP contribution in [0.2, 0.25) is 5.02 Å². The van der Waals surface area contributed by atoms with Gasteiger partial charge in [0, 0.05) is 25.8 Å². The summed E-state index contributed by atoms with van der Waals surface area (Å²) >= 11 is 6.41. The molecule has 1 unspecified atom stereocenters. The number of aryl methyl sites for hydroxylation is 2. The Morgan fingerprint density at radius 3 is 2.60 bits per heavy atom. The van der Waals surface area contributed by atoms with Gasteiger partial charge in [0.1, 0.15) is 10.8 Å². The maximum atomic E-state index is 12.9. The molecule has 218 valence electrons. The van der Waals surface area contributed by atoms with Crippen molar-refractivity contribution in [2.45, 2.75) is 76.6 Å². The van der Waals surface area contributed by atoms with Crippen LogP contribution in [0, 0.1) is 6.92 Å². The molecule has 1 aliphatic rings. The van der Waals surface area contributed by atoms with Crippen LogP contribution in [0.4, 0.5) is 23.1 Å². The second-order valence-electron chi connectivity index (χ2n) is 10.8. The minimum Gasteiger partial charge on any atom is -0.492 e. The van der Waals surface area contributed by atoms with Crippen LogP contribution < -0.4 is 15.4 Å². The van der Waals surface area contributed by atoms with Crippen LogP contribution in [-0.2, 0) is 16.9 Å². The fourth-order valence-corrected chi connectivity index (χ4v) is 6.23. The van der Waals surface area contributed by atoms with Crippen molar-refractivity contribution in [3.05, 3.63) is 40.7 Å². The number of halogens is 1. The van der Waals surface area contributed by atoms with Crippen LogP contribution in [0.1, 0.15) is 64.5 Å². The smallest absolute Gasteiger partial charge is 0.229 e. The Kier molecular flexibility index (Phi) is 9.26. The summed E-state index contributed by atoms with van der Waals surface area (Å²) in [4.78, 5) is 11.4. The normalized spacial score (nSPS) is 16.5.